The fourth-order valence-corrected chi connectivity index (χ4v) is 3.97. The van der Waals surface area contributed by atoms with E-state index in [4.69, 9.17) is 21.3 Å². The summed E-state index contributed by atoms with van der Waals surface area (Å²) in [6.07, 6.45) is 1.13. The maximum atomic E-state index is 13.0. The van der Waals surface area contributed by atoms with Gasteiger partial charge >= 0.3 is 0 Å². The van der Waals surface area contributed by atoms with Crippen LogP contribution in [0.15, 0.2) is 42.5 Å². The largest absolute Gasteiger partial charge is 0.495 e. The first-order valence-electron chi connectivity index (χ1n) is 10.1. The number of nitrogens with zero attached hydrogens (tertiary/aromatic N) is 2. The Bertz CT molecular complexity index is 1160. The second-order valence-corrected chi connectivity index (χ2v) is 8.98. The number of methoxy groups -OCH3 is 1. The minimum absolute atomic E-state index is 0.0378. The molecule has 0 saturated carbocycles. The molecule has 1 heterocycles. The molecule has 0 fully saturated rings. The van der Waals surface area contributed by atoms with Gasteiger partial charge in [0.2, 0.25) is 5.95 Å². The van der Waals surface area contributed by atoms with Crippen LogP contribution < -0.4 is 15.4 Å². The van der Waals surface area contributed by atoms with Gasteiger partial charge in [0.05, 0.1) is 24.1 Å². The topological polar surface area (TPSA) is 76.1 Å². The van der Waals surface area contributed by atoms with Gasteiger partial charge in [-0.15, -0.1) is 0 Å². The van der Waals surface area contributed by atoms with Crippen molar-refractivity contribution < 1.29 is 9.53 Å². The molecule has 0 unspecified atom stereocenters. The Hall–Kier alpha value is -3.12. The van der Waals surface area contributed by atoms with E-state index in [1.165, 1.54) is 0 Å². The highest BCUT2D eigenvalue weighted by atomic mass is 35.5. The quantitative estimate of drug-likeness (QED) is 0.504. The lowest BCUT2D eigenvalue weighted by molar-refractivity contribution is 0.0911. The van der Waals surface area contributed by atoms with E-state index in [2.05, 4.69) is 29.5 Å². The van der Waals surface area contributed by atoms with Gasteiger partial charge < -0.3 is 15.4 Å². The van der Waals surface area contributed by atoms with Crippen LogP contribution in [0.5, 0.6) is 5.75 Å². The number of ether oxygens (including phenoxy) is 1. The van der Waals surface area contributed by atoms with Gasteiger partial charge in [-0.05, 0) is 48.6 Å². The number of benzene rings is 2. The van der Waals surface area contributed by atoms with Gasteiger partial charge in [0.15, 0.2) is 5.78 Å². The lowest BCUT2D eigenvalue weighted by atomic mass is 9.75. The number of carbonyl (C=O) groups excluding carboxylic acids is 1. The number of hydrogen-bond donors (Lipinski definition) is 2. The van der Waals surface area contributed by atoms with Crippen molar-refractivity contribution in [3.05, 3.63) is 64.3 Å². The molecular formula is C24H25ClN4O2. The Morgan fingerprint density at radius 2 is 1.84 bits per heavy atom. The minimum atomic E-state index is -0.162. The molecule has 3 aromatic rings. The van der Waals surface area contributed by atoms with Gasteiger partial charge in [-0.2, -0.15) is 4.98 Å². The summed E-state index contributed by atoms with van der Waals surface area (Å²) in [4.78, 5) is 22.4. The van der Waals surface area contributed by atoms with Gasteiger partial charge in [0, 0.05) is 17.1 Å². The van der Waals surface area contributed by atoms with Crippen molar-refractivity contribution in [1.29, 1.82) is 0 Å². The molecular weight excluding hydrogens is 412 g/mol. The van der Waals surface area contributed by atoms with Gasteiger partial charge in [0.1, 0.15) is 11.6 Å². The molecule has 0 spiro atoms. The fourth-order valence-electron chi connectivity index (χ4n) is 3.79. The summed E-state index contributed by atoms with van der Waals surface area (Å²) in [6.45, 7) is 6.10. The van der Waals surface area contributed by atoms with E-state index < -0.39 is 0 Å². The number of carbonyl (C=O) groups is 1. The number of halogens is 1. The highest BCUT2D eigenvalue weighted by Crippen LogP contribution is 2.38. The molecule has 0 bridgehead atoms. The standard InChI is InChI=1S/C24H25ClN4O2/c1-14-9-10-15(11-16(14)25)26-22-21-18(12-24(2,3)13-19(21)30)28-23(29-22)27-17-7-5-6-8-20(17)31-4/h5-11H,12-13H2,1-4H3,(H2,26,27,28,29). The van der Waals surface area contributed by atoms with E-state index in [0.29, 0.717) is 40.9 Å². The van der Waals surface area contributed by atoms with E-state index in [0.717, 1.165) is 22.6 Å². The SMILES string of the molecule is COc1ccccc1Nc1nc2c(c(Nc3ccc(C)c(Cl)c3)n1)C(=O)CC(C)(C)C2. The van der Waals surface area contributed by atoms with Crippen LogP contribution in [0, 0.1) is 12.3 Å². The molecule has 0 atom stereocenters. The normalized spacial score (nSPS) is 14.7. The highest BCUT2D eigenvalue weighted by molar-refractivity contribution is 6.31. The number of anilines is 4. The van der Waals surface area contributed by atoms with Crippen LogP contribution in [0.2, 0.25) is 5.02 Å². The Morgan fingerprint density at radius 1 is 1.06 bits per heavy atom. The molecule has 0 radical (unpaired) electrons. The fraction of sp³-hybridized carbons (Fsp3) is 0.292. The number of aryl methyl sites for hydroxylation is 1. The number of fused-ring (bicyclic) bond motifs is 1. The summed E-state index contributed by atoms with van der Waals surface area (Å²) in [5.74, 6) is 1.59. The van der Waals surface area contributed by atoms with Crippen molar-refractivity contribution in [3.63, 3.8) is 0 Å². The van der Waals surface area contributed by atoms with Gasteiger partial charge in [-0.3, -0.25) is 4.79 Å². The first-order valence-corrected chi connectivity index (χ1v) is 10.5. The number of hydrogen-bond acceptors (Lipinski definition) is 6. The molecule has 0 saturated heterocycles. The Morgan fingerprint density at radius 3 is 2.58 bits per heavy atom. The second kappa shape index (κ2) is 8.19. The van der Waals surface area contributed by atoms with Crippen molar-refractivity contribution in [3.8, 4) is 5.75 Å². The number of rotatable bonds is 5. The average Bonchev–Trinajstić information content (AvgIpc) is 2.69. The lowest BCUT2D eigenvalue weighted by Gasteiger charge is -2.30. The van der Waals surface area contributed by atoms with Gasteiger partial charge in [-0.25, -0.2) is 4.98 Å². The first-order chi connectivity index (χ1) is 14.8. The third-order valence-electron chi connectivity index (χ3n) is 5.34. The van der Waals surface area contributed by atoms with Crippen LogP contribution >= 0.6 is 11.6 Å². The molecule has 160 valence electrons. The zero-order valence-corrected chi connectivity index (χ0v) is 18.8. The molecule has 4 rings (SSSR count). The number of para-hydroxylation sites is 2. The van der Waals surface area contributed by atoms with Crippen molar-refractivity contribution in [2.24, 2.45) is 5.41 Å². The zero-order chi connectivity index (χ0) is 22.2. The molecule has 2 aromatic carbocycles. The lowest BCUT2D eigenvalue weighted by Crippen LogP contribution is -2.29. The molecule has 31 heavy (non-hydrogen) atoms. The monoisotopic (exact) mass is 436 g/mol. The highest BCUT2D eigenvalue weighted by Gasteiger charge is 2.35. The summed E-state index contributed by atoms with van der Waals surface area (Å²) >= 11 is 6.30. The molecule has 7 heteroatoms. The summed E-state index contributed by atoms with van der Waals surface area (Å²) in [5, 5.41) is 7.17. The van der Waals surface area contributed by atoms with Crippen molar-refractivity contribution >= 4 is 40.5 Å². The maximum Gasteiger partial charge on any atom is 0.229 e. The number of Topliss-reactive ketones (excluding diaryl/α,β-unsaturated/α-hetero) is 1. The Kier molecular flexibility index (Phi) is 5.58. The molecule has 1 aliphatic carbocycles. The predicted molar refractivity (Wildman–Crippen MR) is 124 cm³/mol. The average molecular weight is 437 g/mol. The molecule has 2 N–H and O–H groups in total. The van der Waals surface area contributed by atoms with Gasteiger partial charge in [-0.1, -0.05) is 43.6 Å². The zero-order valence-electron chi connectivity index (χ0n) is 18.0. The molecule has 0 aliphatic heterocycles. The number of aromatic nitrogens is 2. The molecule has 6 nitrogen and oxygen atoms in total. The van der Waals surface area contributed by atoms with Crippen LogP contribution in [0.3, 0.4) is 0 Å². The van der Waals surface area contributed by atoms with Gasteiger partial charge in [0.25, 0.3) is 0 Å². The number of nitrogens with one attached hydrogen (secondary N) is 2. The van der Waals surface area contributed by atoms with Crippen LogP contribution in [-0.4, -0.2) is 22.9 Å². The van der Waals surface area contributed by atoms with E-state index in [1.54, 1.807) is 7.11 Å². The summed E-state index contributed by atoms with van der Waals surface area (Å²) in [6, 6.07) is 13.2. The molecule has 0 amide bonds. The summed E-state index contributed by atoms with van der Waals surface area (Å²) in [7, 11) is 1.61. The summed E-state index contributed by atoms with van der Waals surface area (Å²) < 4.78 is 5.43. The van der Waals surface area contributed by atoms with Crippen molar-refractivity contribution in [1.82, 2.24) is 9.97 Å². The van der Waals surface area contributed by atoms with E-state index in [9.17, 15) is 4.79 Å². The third-order valence-corrected chi connectivity index (χ3v) is 5.74. The summed E-state index contributed by atoms with van der Waals surface area (Å²) in [5.41, 5.74) is 3.60. The van der Waals surface area contributed by atoms with Crippen LogP contribution in [-0.2, 0) is 6.42 Å². The van der Waals surface area contributed by atoms with E-state index in [-0.39, 0.29) is 11.2 Å². The third kappa shape index (κ3) is 4.49. The van der Waals surface area contributed by atoms with Crippen LogP contribution in [0.25, 0.3) is 0 Å². The Labute approximate surface area is 187 Å². The van der Waals surface area contributed by atoms with Crippen LogP contribution in [0.1, 0.15) is 41.9 Å². The minimum Gasteiger partial charge on any atom is -0.495 e. The van der Waals surface area contributed by atoms with Crippen LogP contribution in [0.4, 0.5) is 23.1 Å². The van der Waals surface area contributed by atoms with E-state index >= 15 is 0 Å². The Balaban J connectivity index is 1.79. The predicted octanol–water partition coefficient (Wildman–Crippen LogP) is 6.09. The maximum absolute atomic E-state index is 13.0. The van der Waals surface area contributed by atoms with Crippen molar-refractivity contribution in [2.45, 2.75) is 33.6 Å². The second-order valence-electron chi connectivity index (χ2n) is 8.57. The molecule has 1 aromatic heterocycles. The first kappa shape index (κ1) is 21.1. The van der Waals surface area contributed by atoms with Crippen molar-refractivity contribution in [2.75, 3.05) is 17.7 Å². The number of ketones is 1. The smallest absolute Gasteiger partial charge is 0.229 e. The molecule has 1 aliphatic rings. The van der Waals surface area contributed by atoms with E-state index in [1.807, 2.05) is 49.4 Å².